The Kier molecular flexibility index (Phi) is 6.29. The maximum Gasteiger partial charge on any atom is 0.336 e. The van der Waals surface area contributed by atoms with Gasteiger partial charge in [0.15, 0.2) is 5.65 Å². The number of esters is 1. The maximum absolute atomic E-state index is 15.4. The first kappa shape index (κ1) is 24.3. The largest absolute Gasteiger partial charge is 0.478 e. The van der Waals surface area contributed by atoms with Gasteiger partial charge in [-0.1, -0.05) is 13.8 Å². The van der Waals surface area contributed by atoms with Crippen molar-refractivity contribution in [1.82, 2.24) is 14.4 Å². The van der Waals surface area contributed by atoms with E-state index in [9.17, 15) is 14.0 Å². The zero-order chi connectivity index (χ0) is 26.3. The van der Waals surface area contributed by atoms with Crippen LogP contribution < -0.4 is 4.74 Å². The molecule has 0 radical (unpaired) electrons. The number of carbonyl (C=O) groups excluding carboxylic acids is 1. The minimum Gasteiger partial charge on any atom is -0.478 e. The van der Waals surface area contributed by atoms with Crippen LogP contribution in [-0.4, -0.2) is 31.4 Å². The average molecular weight is 504 g/mol. The van der Waals surface area contributed by atoms with Gasteiger partial charge >= 0.3 is 11.9 Å². The van der Waals surface area contributed by atoms with Gasteiger partial charge in [-0.3, -0.25) is 9.38 Å². The standard InChI is InChI=1S/C28H23F2N3O4/c1-15(2)20-11-17(5-8-21(20)29)23-14-33-24(13-31-23)32-27(16-3-4-16)28(33)19-7-6-18(12-22(19)30)37-26(36)10-9-25(34)35/h5-16H,3-4H2,1-2H3,(H,34,35)/b10-9+. The van der Waals surface area contributed by atoms with Crippen molar-refractivity contribution in [1.29, 1.82) is 0 Å². The van der Waals surface area contributed by atoms with Crippen molar-refractivity contribution < 1.29 is 28.2 Å². The van der Waals surface area contributed by atoms with Crippen LogP contribution in [0.1, 0.15) is 49.8 Å². The van der Waals surface area contributed by atoms with E-state index in [1.807, 2.05) is 13.8 Å². The van der Waals surface area contributed by atoms with E-state index in [0.29, 0.717) is 28.7 Å². The van der Waals surface area contributed by atoms with Crippen LogP contribution in [0.5, 0.6) is 5.75 Å². The lowest BCUT2D eigenvalue weighted by molar-refractivity contribution is -0.133. The molecule has 1 N–H and O–H groups in total. The lowest BCUT2D eigenvalue weighted by atomic mass is 9.99. The van der Waals surface area contributed by atoms with E-state index >= 15 is 4.39 Å². The van der Waals surface area contributed by atoms with Crippen LogP contribution in [0.2, 0.25) is 0 Å². The second-order valence-corrected chi connectivity index (χ2v) is 9.25. The highest BCUT2D eigenvalue weighted by Gasteiger charge is 2.32. The Morgan fingerprint density at radius 1 is 1.11 bits per heavy atom. The number of hydrogen-bond donors (Lipinski definition) is 1. The summed E-state index contributed by atoms with van der Waals surface area (Å²) >= 11 is 0. The predicted molar refractivity (Wildman–Crippen MR) is 132 cm³/mol. The molecule has 1 saturated carbocycles. The van der Waals surface area contributed by atoms with Crippen molar-refractivity contribution >= 4 is 17.6 Å². The quantitative estimate of drug-likeness (QED) is 0.192. The molecule has 37 heavy (non-hydrogen) atoms. The van der Waals surface area contributed by atoms with Gasteiger partial charge in [0.25, 0.3) is 0 Å². The number of hydrogen-bond acceptors (Lipinski definition) is 5. The molecule has 2 aromatic heterocycles. The molecule has 188 valence electrons. The van der Waals surface area contributed by atoms with Crippen LogP contribution in [0.4, 0.5) is 8.78 Å². The topological polar surface area (TPSA) is 93.8 Å². The maximum atomic E-state index is 15.4. The van der Waals surface area contributed by atoms with Gasteiger partial charge in [-0.2, -0.15) is 0 Å². The Morgan fingerprint density at radius 3 is 2.57 bits per heavy atom. The smallest absolute Gasteiger partial charge is 0.336 e. The molecule has 0 unspecified atom stereocenters. The number of halogens is 2. The fraction of sp³-hybridized carbons (Fsp3) is 0.214. The molecule has 0 aliphatic heterocycles. The fourth-order valence-electron chi connectivity index (χ4n) is 4.22. The monoisotopic (exact) mass is 503 g/mol. The Hall–Kier alpha value is -4.40. The number of carbonyl (C=O) groups is 2. The highest BCUT2D eigenvalue weighted by molar-refractivity contribution is 5.91. The van der Waals surface area contributed by atoms with Gasteiger partial charge < -0.3 is 9.84 Å². The van der Waals surface area contributed by atoms with E-state index in [2.05, 4.69) is 4.98 Å². The Bertz CT molecular complexity index is 1570. The fourth-order valence-corrected chi connectivity index (χ4v) is 4.22. The summed E-state index contributed by atoms with van der Waals surface area (Å²) in [4.78, 5) is 31.6. The first-order valence-corrected chi connectivity index (χ1v) is 11.8. The molecule has 1 aliphatic rings. The normalized spacial score (nSPS) is 13.5. The summed E-state index contributed by atoms with van der Waals surface area (Å²) in [6.45, 7) is 3.84. The van der Waals surface area contributed by atoms with Gasteiger partial charge in [-0.05, 0) is 54.7 Å². The number of fused-ring (bicyclic) bond motifs is 1. The van der Waals surface area contributed by atoms with Crippen LogP contribution in [-0.2, 0) is 9.59 Å². The minimum atomic E-state index is -1.30. The number of nitrogens with zero attached hydrogens (tertiary/aromatic N) is 3. The van der Waals surface area contributed by atoms with Crippen molar-refractivity contribution in [2.75, 3.05) is 0 Å². The van der Waals surface area contributed by atoms with Gasteiger partial charge in [-0.25, -0.2) is 23.4 Å². The lowest BCUT2D eigenvalue weighted by Crippen LogP contribution is -2.05. The summed E-state index contributed by atoms with van der Waals surface area (Å²) < 4.78 is 36.5. The highest BCUT2D eigenvalue weighted by Crippen LogP contribution is 2.45. The van der Waals surface area contributed by atoms with E-state index in [1.165, 1.54) is 18.2 Å². The molecule has 1 fully saturated rings. The molecule has 0 atom stereocenters. The Balaban J connectivity index is 1.57. The van der Waals surface area contributed by atoms with E-state index in [-0.39, 0.29) is 29.0 Å². The van der Waals surface area contributed by atoms with E-state index in [1.54, 1.807) is 28.9 Å². The van der Waals surface area contributed by atoms with Gasteiger partial charge in [0.1, 0.15) is 17.4 Å². The second-order valence-electron chi connectivity index (χ2n) is 9.25. The number of ether oxygens (including phenoxy) is 1. The number of imidazole rings is 1. The molecule has 2 heterocycles. The van der Waals surface area contributed by atoms with E-state index < -0.39 is 17.8 Å². The van der Waals surface area contributed by atoms with Crippen LogP contribution >= 0.6 is 0 Å². The summed E-state index contributed by atoms with van der Waals surface area (Å²) in [7, 11) is 0. The van der Waals surface area contributed by atoms with Gasteiger partial charge in [0.05, 0.1) is 23.3 Å². The summed E-state index contributed by atoms with van der Waals surface area (Å²) in [5.41, 5.74) is 4.07. The number of aliphatic carboxylic acids is 1. The molecular weight excluding hydrogens is 480 g/mol. The molecule has 2 aromatic carbocycles. The van der Waals surface area contributed by atoms with Gasteiger partial charge in [0, 0.05) is 41.5 Å². The lowest BCUT2D eigenvalue weighted by Gasteiger charge is -2.11. The number of aromatic nitrogens is 3. The zero-order valence-corrected chi connectivity index (χ0v) is 20.1. The van der Waals surface area contributed by atoms with Crippen molar-refractivity contribution in [3.05, 3.63) is 83.8 Å². The molecule has 0 saturated heterocycles. The summed E-state index contributed by atoms with van der Waals surface area (Å²) in [5.74, 6) is -2.99. The predicted octanol–water partition coefficient (Wildman–Crippen LogP) is 5.89. The van der Waals surface area contributed by atoms with E-state index in [4.69, 9.17) is 14.8 Å². The average Bonchev–Trinajstić information content (AvgIpc) is 3.63. The number of rotatable bonds is 7. The minimum absolute atomic E-state index is 0.00437. The SMILES string of the molecule is CC(C)c1cc(-c2cn3c(-c4ccc(OC(=O)/C=C/C(=O)O)cc4F)c(C4CC4)nc3cn2)ccc1F. The van der Waals surface area contributed by atoms with Crippen LogP contribution in [0.25, 0.3) is 28.2 Å². The number of carboxylic acid groups (broad SMARTS) is 1. The molecule has 9 heteroatoms. The molecule has 0 bridgehead atoms. The third kappa shape index (κ3) is 4.97. The molecule has 5 rings (SSSR count). The van der Waals surface area contributed by atoms with Gasteiger partial charge in [0.2, 0.25) is 0 Å². The van der Waals surface area contributed by atoms with Crippen molar-refractivity contribution in [2.24, 2.45) is 0 Å². The van der Waals surface area contributed by atoms with Crippen LogP contribution in [0, 0.1) is 11.6 Å². The molecule has 4 aromatic rings. The second kappa shape index (κ2) is 9.57. The van der Waals surface area contributed by atoms with Crippen molar-refractivity contribution in [3.8, 4) is 28.3 Å². The molecule has 1 aliphatic carbocycles. The van der Waals surface area contributed by atoms with Crippen LogP contribution in [0.3, 0.4) is 0 Å². The van der Waals surface area contributed by atoms with E-state index in [0.717, 1.165) is 36.2 Å². The van der Waals surface area contributed by atoms with Crippen molar-refractivity contribution in [3.63, 3.8) is 0 Å². The Morgan fingerprint density at radius 2 is 1.89 bits per heavy atom. The summed E-state index contributed by atoms with van der Waals surface area (Å²) in [6.07, 6.45) is 6.67. The molecular formula is C28H23F2N3O4. The first-order chi connectivity index (χ1) is 17.7. The zero-order valence-electron chi connectivity index (χ0n) is 20.1. The van der Waals surface area contributed by atoms with Crippen molar-refractivity contribution in [2.45, 2.75) is 38.5 Å². The summed E-state index contributed by atoms with van der Waals surface area (Å²) in [5, 5.41) is 8.64. The van der Waals surface area contributed by atoms with Gasteiger partial charge in [-0.15, -0.1) is 0 Å². The number of benzene rings is 2. The van der Waals surface area contributed by atoms with Crippen LogP contribution in [0.15, 0.2) is 60.9 Å². The molecule has 0 spiro atoms. The third-order valence-electron chi connectivity index (χ3n) is 6.19. The summed E-state index contributed by atoms with van der Waals surface area (Å²) in [6, 6.07) is 8.88. The highest BCUT2D eigenvalue weighted by atomic mass is 19.1. The Labute approximate surface area is 211 Å². The third-order valence-corrected chi connectivity index (χ3v) is 6.19. The number of carboxylic acids is 1. The molecule has 7 nitrogen and oxygen atoms in total. The first-order valence-electron chi connectivity index (χ1n) is 11.8. The molecule has 0 amide bonds.